The van der Waals surface area contributed by atoms with Crippen molar-refractivity contribution in [3.05, 3.63) is 53.9 Å². The van der Waals surface area contributed by atoms with Crippen LogP contribution in [-0.2, 0) is 27.2 Å². The molecule has 1 aromatic heterocycles. The second-order valence-corrected chi connectivity index (χ2v) is 11.6. The highest BCUT2D eigenvalue weighted by atomic mass is 32.2. The minimum absolute atomic E-state index is 0.137. The van der Waals surface area contributed by atoms with E-state index in [1.807, 2.05) is 6.92 Å². The Morgan fingerprint density at radius 2 is 1.90 bits per heavy atom. The molecule has 3 N–H and O–H groups in total. The third-order valence-electron chi connectivity index (χ3n) is 8.19. The lowest BCUT2D eigenvalue weighted by molar-refractivity contribution is -0.166. The summed E-state index contributed by atoms with van der Waals surface area (Å²) in [4.78, 5) is 48.5. The van der Waals surface area contributed by atoms with Gasteiger partial charge in [0.1, 0.15) is 11.9 Å². The number of carbonyl (C=O) groups excluding carboxylic acids is 3. The summed E-state index contributed by atoms with van der Waals surface area (Å²) >= 11 is 1.24. The molecule has 40 heavy (non-hydrogen) atoms. The number of amides is 3. The molecule has 11 heteroatoms. The predicted octanol–water partition coefficient (Wildman–Crippen LogP) is 4.40. The third kappa shape index (κ3) is 7.77. The number of ether oxygens (including phenoxy) is 1. The normalized spacial score (nSPS) is 18.1. The lowest BCUT2D eigenvalue weighted by Gasteiger charge is -2.46. The average Bonchev–Trinajstić information content (AvgIpc) is 3.50. The van der Waals surface area contributed by atoms with Crippen LogP contribution in [0.5, 0.6) is 0 Å². The quantitative estimate of drug-likeness (QED) is 0.208. The molecule has 2 fully saturated rings. The van der Waals surface area contributed by atoms with Crippen molar-refractivity contribution in [2.45, 2.75) is 70.8 Å². The zero-order valence-corrected chi connectivity index (χ0v) is 23.9. The van der Waals surface area contributed by atoms with Crippen molar-refractivity contribution < 1.29 is 23.5 Å². The van der Waals surface area contributed by atoms with Gasteiger partial charge in [0, 0.05) is 37.2 Å². The molecule has 0 bridgehead atoms. The van der Waals surface area contributed by atoms with Crippen LogP contribution in [0.15, 0.2) is 36.8 Å². The van der Waals surface area contributed by atoms with Crippen LogP contribution in [-0.4, -0.2) is 64.3 Å². The van der Waals surface area contributed by atoms with Crippen molar-refractivity contribution in [1.82, 2.24) is 24.9 Å². The number of hydrogen-bond acceptors (Lipinski definition) is 6. The average molecular weight is 574 g/mol. The maximum atomic E-state index is 13.7. The van der Waals surface area contributed by atoms with Gasteiger partial charge in [0.05, 0.1) is 18.3 Å². The summed E-state index contributed by atoms with van der Waals surface area (Å²) in [6.07, 6.45) is 10.9. The molecule has 1 aromatic carbocycles. The van der Waals surface area contributed by atoms with Crippen LogP contribution in [0.4, 0.5) is 9.18 Å². The number of piperidine rings is 1. The first-order valence-electron chi connectivity index (χ1n) is 14.3. The standard InChI is InChI=1S/C29H40FN5O4S/c1-2-39-27(37)29(22-6-4-3-5-7-22)13-15-35(16-14-29)26(36)25(18-21-8-10-23(30)11-9-21)33-28(38)34-40-17-12-24-19-31-20-32-24/h8-11,19-20,22,25H,2-7,12-18H2,1H3,(H,31,32)(H2,33,34,38)/t25-/m1/s1. The molecular formula is C29H40FN5O4S. The fourth-order valence-electron chi connectivity index (χ4n) is 6.00. The van der Waals surface area contributed by atoms with Gasteiger partial charge in [-0.3, -0.25) is 14.3 Å². The Labute approximate surface area is 239 Å². The Balaban J connectivity index is 1.40. The Morgan fingerprint density at radius 3 is 2.55 bits per heavy atom. The van der Waals surface area contributed by atoms with Gasteiger partial charge in [-0.05, 0) is 74.6 Å². The van der Waals surface area contributed by atoms with Crippen LogP contribution >= 0.6 is 11.9 Å². The largest absolute Gasteiger partial charge is 0.466 e. The first kappa shape index (κ1) is 29.9. The smallest absolute Gasteiger partial charge is 0.325 e. The number of halogens is 1. The first-order chi connectivity index (χ1) is 19.4. The molecule has 0 unspecified atom stereocenters. The number of aromatic amines is 1. The molecule has 218 valence electrons. The van der Waals surface area contributed by atoms with Gasteiger partial charge in [-0.1, -0.05) is 31.4 Å². The number of likely N-dealkylation sites (tertiary alicyclic amines) is 1. The number of aromatic nitrogens is 2. The summed E-state index contributed by atoms with van der Waals surface area (Å²) < 4.78 is 21.8. The number of imidazole rings is 1. The monoisotopic (exact) mass is 573 g/mol. The summed E-state index contributed by atoms with van der Waals surface area (Å²) in [5.74, 6) is 0.204. The number of nitrogens with one attached hydrogen (secondary N) is 3. The minimum Gasteiger partial charge on any atom is -0.466 e. The number of urea groups is 1. The maximum Gasteiger partial charge on any atom is 0.325 e. The van der Waals surface area contributed by atoms with Gasteiger partial charge in [-0.15, -0.1) is 0 Å². The number of benzene rings is 1. The molecule has 9 nitrogen and oxygen atoms in total. The van der Waals surface area contributed by atoms with Gasteiger partial charge in [0.15, 0.2) is 0 Å². The number of H-pyrrole nitrogens is 1. The Morgan fingerprint density at radius 1 is 1.18 bits per heavy atom. The predicted molar refractivity (Wildman–Crippen MR) is 152 cm³/mol. The van der Waals surface area contributed by atoms with Gasteiger partial charge in [-0.2, -0.15) is 0 Å². The van der Waals surface area contributed by atoms with Crippen LogP contribution < -0.4 is 10.0 Å². The molecule has 1 saturated carbocycles. The van der Waals surface area contributed by atoms with Gasteiger partial charge in [0.2, 0.25) is 5.91 Å². The fourth-order valence-corrected chi connectivity index (χ4v) is 6.61. The lowest BCUT2D eigenvalue weighted by Crippen LogP contribution is -2.56. The third-order valence-corrected chi connectivity index (χ3v) is 8.92. The Hall–Kier alpha value is -3.08. The summed E-state index contributed by atoms with van der Waals surface area (Å²) in [6.45, 7) is 3.03. The van der Waals surface area contributed by atoms with Crippen LogP contribution in [0.25, 0.3) is 0 Å². The van der Waals surface area contributed by atoms with Crippen molar-refractivity contribution in [1.29, 1.82) is 0 Å². The molecule has 2 aliphatic rings. The van der Waals surface area contributed by atoms with Crippen molar-refractivity contribution in [2.75, 3.05) is 25.4 Å². The molecule has 3 amide bonds. The SMILES string of the molecule is CCOC(=O)C1(C2CCCCC2)CCN(C(=O)[C@@H](Cc2ccc(F)cc2)NC(=O)NSCCc2cnc[nH]2)CC1. The molecule has 0 spiro atoms. The molecular weight excluding hydrogens is 533 g/mol. The van der Waals surface area contributed by atoms with Gasteiger partial charge in [0.25, 0.3) is 0 Å². The number of rotatable bonds is 11. The molecule has 1 aliphatic carbocycles. The zero-order valence-electron chi connectivity index (χ0n) is 23.1. The Bertz CT molecular complexity index is 1100. The van der Waals surface area contributed by atoms with Crippen LogP contribution in [0.3, 0.4) is 0 Å². The van der Waals surface area contributed by atoms with E-state index < -0.39 is 17.5 Å². The molecule has 1 atom stereocenters. The van der Waals surface area contributed by atoms with E-state index in [0.717, 1.165) is 36.9 Å². The second kappa shape index (κ2) is 14.5. The number of aryl methyl sites for hydroxylation is 1. The zero-order chi connectivity index (χ0) is 28.4. The molecule has 1 saturated heterocycles. The molecule has 2 aromatic rings. The number of esters is 1. The Kier molecular flexibility index (Phi) is 10.9. The van der Waals surface area contributed by atoms with E-state index in [9.17, 15) is 18.8 Å². The van der Waals surface area contributed by atoms with E-state index in [2.05, 4.69) is 20.0 Å². The van der Waals surface area contributed by atoms with Crippen LogP contribution in [0.2, 0.25) is 0 Å². The van der Waals surface area contributed by atoms with Crippen molar-refractivity contribution in [3.63, 3.8) is 0 Å². The first-order valence-corrected chi connectivity index (χ1v) is 15.3. The van der Waals surface area contributed by atoms with Gasteiger partial charge < -0.3 is 19.9 Å². The van der Waals surface area contributed by atoms with Crippen molar-refractivity contribution in [2.24, 2.45) is 11.3 Å². The van der Waals surface area contributed by atoms with E-state index in [0.29, 0.717) is 44.7 Å². The summed E-state index contributed by atoms with van der Waals surface area (Å²) in [5.41, 5.74) is 1.15. The molecule has 4 rings (SSSR count). The fraction of sp³-hybridized carbons (Fsp3) is 0.586. The maximum absolute atomic E-state index is 13.7. The van der Waals surface area contributed by atoms with Crippen molar-refractivity contribution >= 4 is 29.9 Å². The van der Waals surface area contributed by atoms with Crippen LogP contribution in [0, 0.1) is 17.2 Å². The number of carbonyl (C=O) groups is 3. The van der Waals surface area contributed by atoms with Gasteiger partial charge in [-0.25, -0.2) is 14.2 Å². The molecule has 2 heterocycles. The lowest BCUT2D eigenvalue weighted by atomic mass is 9.63. The molecule has 1 aliphatic heterocycles. The van der Waals surface area contributed by atoms with Crippen molar-refractivity contribution in [3.8, 4) is 0 Å². The number of nitrogens with zero attached hydrogens (tertiary/aromatic N) is 2. The highest BCUT2D eigenvalue weighted by Crippen LogP contribution is 2.47. The van der Waals surface area contributed by atoms with E-state index in [4.69, 9.17) is 4.74 Å². The topological polar surface area (TPSA) is 116 Å². The van der Waals surface area contributed by atoms with E-state index >= 15 is 0 Å². The summed E-state index contributed by atoms with van der Waals surface area (Å²) in [7, 11) is 0. The van der Waals surface area contributed by atoms with Gasteiger partial charge >= 0.3 is 12.0 Å². The number of hydrogen-bond donors (Lipinski definition) is 3. The second-order valence-electron chi connectivity index (χ2n) is 10.7. The molecule has 0 radical (unpaired) electrons. The highest BCUT2D eigenvalue weighted by molar-refractivity contribution is 7.97. The van der Waals surface area contributed by atoms with E-state index in [1.54, 1.807) is 29.6 Å². The summed E-state index contributed by atoms with van der Waals surface area (Å²) in [6, 6.07) is 4.65. The van der Waals surface area contributed by atoms with Crippen LogP contribution in [0.1, 0.15) is 63.1 Å². The highest BCUT2D eigenvalue weighted by Gasteiger charge is 2.49. The van der Waals surface area contributed by atoms with E-state index in [-0.39, 0.29) is 30.0 Å². The minimum atomic E-state index is -0.830. The summed E-state index contributed by atoms with van der Waals surface area (Å²) in [5, 5.41) is 2.83. The van der Waals surface area contributed by atoms with E-state index in [1.165, 1.54) is 30.5 Å².